The van der Waals surface area contributed by atoms with Crippen LogP contribution in [-0.4, -0.2) is 19.8 Å². The molecule has 2 aromatic carbocycles. The highest BCUT2D eigenvalue weighted by molar-refractivity contribution is 7.89. The Labute approximate surface area is 99.9 Å². The summed E-state index contributed by atoms with van der Waals surface area (Å²) in [7, 11) is -3.71. The number of nitrogens with one attached hydrogen (secondary N) is 1. The molecule has 89 valence electrons. The van der Waals surface area contributed by atoms with E-state index < -0.39 is 16.3 Å². The van der Waals surface area contributed by atoms with Crippen molar-refractivity contribution >= 4 is 20.8 Å². The van der Waals surface area contributed by atoms with Crippen molar-refractivity contribution < 1.29 is 13.5 Å². The fraction of sp³-hybridized carbons (Fsp3) is 0.0833. The largest absolute Gasteiger partial charge is 0.378 e. The molecule has 5 heteroatoms. The molecule has 2 rings (SSSR count). The molecule has 0 bridgehead atoms. The number of benzene rings is 2. The van der Waals surface area contributed by atoms with E-state index in [9.17, 15) is 8.42 Å². The lowest BCUT2D eigenvalue weighted by Crippen LogP contribution is -2.32. The molecule has 0 spiro atoms. The SMILES string of the molecule is [CH2]C(O)NS(=O)(=O)c1ccc2ccccc2c1. The molecule has 0 aromatic heterocycles. The van der Waals surface area contributed by atoms with Gasteiger partial charge in [-0.1, -0.05) is 30.3 Å². The number of sulfonamides is 1. The smallest absolute Gasteiger partial charge is 0.242 e. The van der Waals surface area contributed by atoms with Crippen molar-refractivity contribution in [2.24, 2.45) is 0 Å². The molecule has 0 saturated heterocycles. The number of aliphatic hydroxyl groups excluding tert-OH is 1. The van der Waals surface area contributed by atoms with Crippen LogP contribution < -0.4 is 4.72 Å². The van der Waals surface area contributed by atoms with Crippen LogP contribution in [0.1, 0.15) is 0 Å². The van der Waals surface area contributed by atoms with Crippen molar-refractivity contribution in [2.45, 2.75) is 11.1 Å². The normalized spacial score (nSPS) is 13.8. The van der Waals surface area contributed by atoms with Gasteiger partial charge in [0.05, 0.1) is 4.90 Å². The molecule has 4 nitrogen and oxygen atoms in total. The van der Waals surface area contributed by atoms with Gasteiger partial charge in [0, 0.05) is 0 Å². The first-order valence-electron chi connectivity index (χ1n) is 5.01. The fourth-order valence-corrected chi connectivity index (χ4v) is 2.61. The molecule has 1 radical (unpaired) electrons. The first kappa shape index (κ1) is 12.0. The molecule has 0 aliphatic heterocycles. The lowest BCUT2D eigenvalue weighted by Gasteiger charge is -2.09. The second-order valence-corrected chi connectivity index (χ2v) is 5.36. The highest BCUT2D eigenvalue weighted by Gasteiger charge is 2.15. The summed E-state index contributed by atoms with van der Waals surface area (Å²) in [5, 5.41) is 10.7. The van der Waals surface area contributed by atoms with Gasteiger partial charge in [0.15, 0.2) is 0 Å². The van der Waals surface area contributed by atoms with Crippen molar-refractivity contribution in [3.63, 3.8) is 0 Å². The quantitative estimate of drug-likeness (QED) is 0.806. The molecular formula is C12H12NO3S. The Morgan fingerprint density at radius 2 is 1.76 bits per heavy atom. The minimum absolute atomic E-state index is 0.110. The van der Waals surface area contributed by atoms with E-state index in [0.29, 0.717) is 0 Å². The summed E-state index contributed by atoms with van der Waals surface area (Å²) in [6, 6.07) is 12.2. The highest BCUT2D eigenvalue weighted by atomic mass is 32.2. The zero-order valence-corrected chi connectivity index (χ0v) is 9.81. The monoisotopic (exact) mass is 250 g/mol. The van der Waals surface area contributed by atoms with Crippen molar-refractivity contribution in [1.29, 1.82) is 0 Å². The minimum atomic E-state index is -3.71. The molecule has 17 heavy (non-hydrogen) atoms. The molecule has 1 atom stereocenters. The van der Waals surface area contributed by atoms with Crippen molar-refractivity contribution in [3.8, 4) is 0 Å². The van der Waals surface area contributed by atoms with Crippen LogP contribution in [0, 0.1) is 6.92 Å². The maximum Gasteiger partial charge on any atom is 0.242 e. The Morgan fingerprint density at radius 3 is 2.41 bits per heavy atom. The molecular weight excluding hydrogens is 238 g/mol. The van der Waals surface area contributed by atoms with E-state index in [1.54, 1.807) is 12.1 Å². The van der Waals surface area contributed by atoms with E-state index in [1.165, 1.54) is 6.07 Å². The lowest BCUT2D eigenvalue weighted by molar-refractivity contribution is 0.209. The molecule has 0 aliphatic carbocycles. The van der Waals surface area contributed by atoms with Crippen molar-refractivity contribution in [3.05, 3.63) is 49.4 Å². The summed E-state index contributed by atoms with van der Waals surface area (Å²) < 4.78 is 25.6. The zero-order chi connectivity index (χ0) is 12.5. The van der Waals surface area contributed by atoms with Gasteiger partial charge in [0.25, 0.3) is 0 Å². The summed E-state index contributed by atoms with van der Waals surface area (Å²) in [6.07, 6.45) is -1.36. The zero-order valence-electron chi connectivity index (χ0n) is 9.00. The van der Waals surface area contributed by atoms with Crippen LogP contribution in [0.15, 0.2) is 47.4 Å². The van der Waals surface area contributed by atoms with Crippen molar-refractivity contribution in [1.82, 2.24) is 4.72 Å². The van der Waals surface area contributed by atoms with Gasteiger partial charge < -0.3 is 5.11 Å². The number of rotatable bonds is 3. The molecule has 0 amide bonds. The Morgan fingerprint density at radius 1 is 1.12 bits per heavy atom. The minimum Gasteiger partial charge on any atom is -0.378 e. The van der Waals surface area contributed by atoms with E-state index in [1.807, 2.05) is 29.0 Å². The maximum atomic E-state index is 11.8. The van der Waals surface area contributed by atoms with Crippen LogP contribution in [-0.2, 0) is 10.0 Å². The third-order valence-electron chi connectivity index (χ3n) is 2.32. The van der Waals surface area contributed by atoms with E-state index >= 15 is 0 Å². The van der Waals surface area contributed by atoms with Crippen LogP contribution in [0.3, 0.4) is 0 Å². The number of hydrogen-bond donors (Lipinski definition) is 2. The Bertz CT molecular complexity index is 635. The average molecular weight is 250 g/mol. The molecule has 0 fully saturated rings. The highest BCUT2D eigenvalue weighted by Crippen LogP contribution is 2.18. The first-order valence-corrected chi connectivity index (χ1v) is 6.50. The lowest BCUT2D eigenvalue weighted by atomic mass is 10.1. The molecule has 1 unspecified atom stereocenters. The van der Waals surface area contributed by atoms with Gasteiger partial charge >= 0.3 is 0 Å². The molecule has 0 aliphatic rings. The summed E-state index contributed by atoms with van der Waals surface area (Å²) in [6.45, 7) is 3.18. The third-order valence-corrected chi connectivity index (χ3v) is 3.78. The predicted molar refractivity (Wildman–Crippen MR) is 65.6 cm³/mol. The molecule has 2 aromatic rings. The fourth-order valence-electron chi connectivity index (χ4n) is 1.58. The van der Waals surface area contributed by atoms with Crippen LogP contribution >= 0.6 is 0 Å². The van der Waals surface area contributed by atoms with Gasteiger partial charge in [-0.25, -0.2) is 8.42 Å². The summed E-state index contributed by atoms with van der Waals surface area (Å²) in [5.41, 5.74) is 0. The molecule has 0 heterocycles. The van der Waals surface area contributed by atoms with E-state index in [2.05, 4.69) is 6.92 Å². The summed E-state index contributed by atoms with van der Waals surface area (Å²) in [4.78, 5) is 0.110. The van der Waals surface area contributed by atoms with Gasteiger partial charge in [0.1, 0.15) is 6.23 Å². The van der Waals surface area contributed by atoms with Gasteiger partial charge in [-0.3, -0.25) is 0 Å². The van der Waals surface area contributed by atoms with Crippen LogP contribution in [0.2, 0.25) is 0 Å². The number of aliphatic hydroxyl groups is 1. The Hall–Kier alpha value is -1.43. The Kier molecular flexibility index (Phi) is 3.15. The van der Waals surface area contributed by atoms with Crippen LogP contribution in [0.25, 0.3) is 10.8 Å². The standard InChI is InChI=1S/C12H12NO3S/c1-9(14)13-17(15,16)12-7-6-10-4-2-3-5-11(10)8-12/h2-9,13-14H,1H2. The van der Waals surface area contributed by atoms with E-state index in [4.69, 9.17) is 5.11 Å². The second kappa shape index (κ2) is 4.44. The third kappa shape index (κ3) is 2.63. The predicted octanol–water partition coefficient (Wildman–Crippen LogP) is 1.27. The summed E-state index contributed by atoms with van der Waals surface area (Å²) in [5.74, 6) is 0. The molecule has 0 saturated carbocycles. The van der Waals surface area contributed by atoms with Gasteiger partial charge in [-0.15, -0.1) is 0 Å². The topological polar surface area (TPSA) is 66.4 Å². The van der Waals surface area contributed by atoms with Gasteiger partial charge in [0.2, 0.25) is 10.0 Å². The summed E-state index contributed by atoms with van der Waals surface area (Å²) >= 11 is 0. The van der Waals surface area contributed by atoms with Crippen molar-refractivity contribution in [2.75, 3.05) is 0 Å². The maximum absolute atomic E-state index is 11.8. The van der Waals surface area contributed by atoms with Crippen LogP contribution in [0.5, 0.6) is 0 Å². The van der Waals surface area contributed by atoms with Gasteiger partial charge in [-0.05, 0) is 29.8 Å². The second-order valence-electron chi connectivity index (χ2n) is 3.65. The first-order chi connectivity index (χ1) is 7.99. The average Bonchev–Trinajstić information content (AvgIpc) is 2.26. The number of hydrogen-bond acceptors (Lipinski definition) is 3. The van der Waals surface area contributed by atoms with E-state index in [0.717, 1.165) is 10.8 Å². The van der Waals surface area contributed by atoms with Crippen LogP contribution in [0.4, 0.5) is 0 Å². The number of fused-ring (bicyclic) bond motifs is 1. The Balaban J connectivity index is 2.50. The van der Waals surface area contributed by atoms with Gasteiger partial charge in [-0.2, -0.15) is 4.72 Å². The molecule has 2 N–H and O–H groups in total. The van der Waals surface area contributed by atoms with E-state index in [-0.39, 0.29) is 4.90 Å².